The fourth-order valence-corrected chi connectivity index (χ4v) is 4.64. The molecule has 128 valence electrons. The highest BCUT2D eigenvalue weighted by atomic mass is 32.2. The quantitative estimate of drug-likeness (QED) is 0.811. The van der Waals surface area contributed by atoms with Crippen molar-refractivity contribution in [3.05, 3.63) is 0 Å². The molecule has 1 saturated heterocycles. The number of amides is 1. The van der Waals surface area contributed by atoms with Gasteiger partial charge in [0.05, 0.1) is 0 Å². The van der Waals surface area contributed by atoms with Crippen LogP contribution >= 0.6 is 11.8 Å². The Morgan fingerprint density at radius 1 is 1.23 bits per heavy atom. The highest BCUT2D eigenvalue weighted by Gasteiger charge is 2.38. The molecule has 1 amide bonds. The maximum absolute atomic E-state index is 11.9. The Morgan fingerprint density at radius 2 is 1.86 bits per heavy atom. The zero-order valence-electron chi connectivity index (χ0n) is 14.6. The zero-order chi connectivity index (χ0) is 16.0. The van der Waals surface area contributed by atoms with E-state index in [0.29, 0.717) is 12.0 Å². The van der Waals surface area contributed by atoms with Crippen molar-refractivity contribution in [2.75, 3.05) is 45.2 Å². The first-order valence-electron chi connectivity index (χ1n) is 8.80. The van der Waals surface area contributed by atoms with E-state index >= 15 is 0 Å². The van der Waals surface area contributed by atoms with Gasteiger partial charge in [-0.05, 0) is 19.8 Å². The molecule has 2 rings (SSSR count). The highest BCUT2D eigenvalue weighted by Crippen LogP contribution is 2.35. The van der Waals surface area contributed by atoms with Gasteiger partial charge in [0.1, 0.15) is 0 Å². The van der Waals surface area contributed by atoms with Gasteiger partial charge in [0.25, 0.3) is 0 Å². The summed E-state index contributed by atoms with van der Waals surface area (Å²) in [5.74, 6) is 2.76. The van der Waals surface area contributed by atoms with Crippen LogP contribution in [0.4, 0.5) is 0 Å². The van der Waals surface area contributed by atoms with Gasteiger partial charge in [0.2, 0.25) is 5.91 Å². The smallest absolute Gasteiger partial charge is 0.223 e. The minimum Gasteiger partial charge on any atom is -0.349 e. The Kier molecular flexibility index (Phi) is 7.03. The molecule has 1 saturated carbocycles. The minimum absolute atomic E-state index is 0.215. The summed E-state index contributed by atoms with van der Waals surface area (Å²) < 4.78 is 0. The molecule has 1 heterocycles. The summed E-state index contributed by atoms with van der Waals surface area (Å²) in [5.41, 5.74) is 0.342. The average Bonchev–Trinajstić information content (AvgIpc) is 2.54. The van der Waals surface area contributed by atoms with Crippen LogP contribution < -0.4 is 5.32 Å². The number of thioether (sulfide) groups is 1. The van der Waals surface area contributed by atoms with Gasteiger partial charge in [0.15, 0.2) is 0 Å². The third kappa shape index (κ3) is 4.87. The van der Waals surface area contributed by atoms with Crippen LogP contribution in [0.3, 0.4) is 0 Å². The summed E-state index contributed by atoms with van der Waals surface area (Å²) in [4.78, 5) is 16.3. The molecule has 0 radical (unpaired) electrons. The molecule has 0 aromatic heterocycles. The molecule has 2 fully saturated rings. The lowest BCUT2D eigenvalue weighted by Crippen LogP contribution is -2.59. The third-order valence-corrected chi connectivity index (χ3v) is 6.17. The second kappa shape index (κ2) is 8.55. The van der Waals surface area contributed by atoms with Gasteiger partial charge < -0.3 is 10.2 Å². The molecule has 0 spiro atoms. The molecule has 0 aromatic carbocycles. The Balaban J connectivity index is 1.90. The number of carbonyl (C=O) groups is 1. The maximum atomic E-state index is 11.9. The lowest BCUT2D eigenvalue weighted by Gasteiger charge is -2.48. The molecule has 2 aliphatic rings. The first kappa shape index (κ1) is 18.1. The summed E-state index contributed by atoms with van der Waals surface area (Å²) >= 11 is 2.09. The monoisotopic (exact) mass is 327 g/mol. The van der Waals surface area contributed by atoms with Crippen molar-refractivity contribution in [1.82, 2.24) is 15.1 Å². The first-order valence-corrected chi connectivity index (χ1v) is 9.95. The first-order chi connectivity index (χ1) is 10.5. The van der Waals surface area contributed by atoms with Crippen LogP contribution in [-0.4, -0.2) is 72.5 Å². The molecule has 0 unspecified atom stereocenters. The molecule has 1 aliphatic carbocycles. The van der Waals surface area contributed by atoms with Crippen LogP contribution in [0.25, 0.3) is 0 Å². The van der Waals surface area contributed by atoms with E-state index in [0.717, 1.165) is 6.54 Å². The van der Waals surface area contributed by atoms with E-state index in [1.165, 1.54) is 56.7 Å². The Labute approximate surface area is 140 Å². The normalized spacial score (nSPS) is 24.0. The zero-order valence-corrected chi connectivity index (χ0v) is 15.4. The van der Waals surface area contributed by atoms with Gasteiger partial charge in [-0.1, -0.05) is 19.3 Å². The van der Waals surface area contributed by atoms with Crippen molar-refractivity contribution in [1.29, 1.82) is 0 Å². The van der Waals surface area contributed by atoms with E-state index in [9.17, 15) is 4.79 Å². The average molecular weight is 328 g/mol. The predicted octanol–water partition coefficient (Wildman–Crippen LogP) is 2.19. The predicted molar refractivity (Wildman–Crippen MR) is 95.5 cm³/mol. The second-order valence-electron chi connectivity index (χ2n) is 7.16. The molecule has 22 heavy (non-hydrogen) atoms. The Morgan fingerprint density at radius 3 is 2.45 bits per heavy atom. The van der Waals surface area contributed by atoms with Crippen molar-refractivity contribution in [2.24, 2.45) is 0 Å². The second-order valence-corrected chi connectivity index (χ2v) is 8.38. The van der Waals surface area contributed by atoms with Crippen molar-refractivity contribution in [3.63, 3.8) is 0 Å². The topological polar surface area (TPSA) is 35.6 Å². The van der Waals surface area contributed by atoms with E-state index < -0.39 is 0 Å². The number of hydrogen-bond donors (Lipinski definition) is 1. The minimum atomic E-state index is 0.215. The van der Waals surface area contributed by atoms with Crippen molar-refractivity contribution in [2.45, 2.75) is 57.0 Å². The van der Waals surface area contributed by atoms with Crippen LogP contribution in [0.1, 0.15) is 45.4 Å². The van der Waals surface area contributed by atoms with Crippen molar-refractivity contribution in [3.8, 4) is 0 Å². The standard InChI is InChI=1S/C17H33N3OS/c1-15(13-16(21)19(2)3)18-14-17(7-5-4-6-8-17)20-9-11-22-12-10-20/h15,18H,4-14H2,1-3H3/t15-/m0/s1. The van der Waals surface area contributed by atoms with Gasteiger partial charge in [-0.3, -0.25) is 9.69 Å². The Hall–Kier alpha value is -0.260. The number of nitrogens with zero attached hydrogens (tertiary/aromatic N) is 2. The molecule has 5 heteroatoms. The lowest BCUT2D eigenvalue weighted by atomic mass is 9.79. The summed E-state index contributed by atoms with van der Waals surface area (Å²) in [7, 11) is 3.67. The van der Waals surface area contributed by atoms with Crippen molar-refractivity contribution < 1.29 is 4.79 Å². The molecular weight excluding hydrogens is 294 g/mol. The van der Waals surface area contributed by atoms with Crippen LogP contribution in [0.5, 0.6) is 0 Å². The van der Waals surface area contributed by atoms with Gasteiger partial charge >= 0.3 is 0 Å². The van der Waals surface area contributed by atoms with Gasteiger partial charge in [-0.25, -0.2) is 0 Å². The van der Waals surface area contributed by atoms with Crippen molar-refractivity contribution >= 4 is 17.7 Å². The highest BCUT2D eigenvalue weighted by molar-refractivity contribution is 7.99. The maximum Gasteiger partial charge on any atom is 0.223 e. The van der Waals surface area contributed by atoms with Crippen LogP contribution in [-0.2, 0) is 4.79 Å². The summed E-state index contributed by atoms with van der Waals surface area (Å²) in [6.45, 7) is 5.65. The van der Waals surface area contributed by atoms with Gasteiger partial charge in [-0.15, -0.1) is 0 Å². The van der Waals surface area contributed by atoms with E-state index in [1.807, 2.05) is 14.1 Å². The number of rotatable bonds is 6. The lowest BCUT2D eigenvalue weighted by molar-refractivity contribution is -0.129. The SMILES string of the molecule is C[C@@H](CC(=O)N(C)C)NCC1(N2CCSCC2)CCCCC1. The van der Waals surface area contributed by atoms with E-state index in [2.05, 4.69) is 28.9 Å². The summed E-state index contributed by atoms with van der Waals surface area (Å²) in [6, 6.07) is 0.257. The molecule has 0 bridgehead atoms. The molecular formula is C17H33N3OS. The number of carbonyl (C=O) groups excluding carboxylic acids is 1. The van der Waals surface area contributed by atoms with E-state index in [1.54, 1.807) is 4.90 Å². The fourth-order valence-electron chi connectivity index (χ4n) is 3.73. The van der Waals surface area contributed by atoms with E-state index in [-0.39, 0.29) is 11.9 Å². The molecule has 1 atom stereocenters. The van der Waals surface area contributed by atoms with Gasteiger partial charge in [0, 0.05) is 63.2 Å². The summed E-state index contributed by atoms with van der Waals surface area (Å²) in [5, 5.41) is 3.68. The summed E-state index contributed by atoms with van der Waals surface area (Å²) in [6.07, 6.45) is 7.34. The molecule has 1 aliphatic heterocycles. The molecule has 4 nitrogen and oxygen atoms in total. The van der Waals surface area contributed by atoms with Gasteiger partial charge in [-0.2, -0.15) is 11.8 Å². The molecule has 0 aromatic rings. The number of hydrogen-bond acceptors (Lipinski definition) is 4. The molecule has 1 N–H and O–H groups in total. The van der Waals surface area contributed by atoms with Crippen LogP contribution in [0, 0.1) is 0 Å². The third-order valence-electron chi connectivity index (χ3n) is 5.23. The fraction of sp³-hybridized carbons (Fsp3) is 0.941. The van der Waals surface area contributed by atoms with Crippen LogP contribution in [0.2, 0.25) is 0 Å². The van der Waals surface area contributed by atoms with Crippen LogP contribution in [0.15, 0.2) is 0 Å². The largest absolute Gasteiger partial charge is 0.349 e. The van der Waals surface area contributed by atoms with E-state index in [4.69, 9.17) is 0 Å². The number of nitrogens with one attached hydrogen (secondary N) is 1. The Bertz CT molecular complexity index is 350.